The number of aromatic nitrogens is 2. The highest BCUT2D eigenvalue weighted by Gasteiger charge is 2.19. The topological polar surface area (TPSA) is 27.1 Å². The third-order valence-corrected chi connectivity index (χ3v) is 3.74. The minimum Gasteiger partial charge on any atom is -0.385 e. The van der Waals surface area contributed by atoms with E-state index in [1.807, 2.05) is 6.92 Å². The van der Waals surface area contributed by atoms with Gasteiger partial charge >= 0.3 is 0 Å². The van der Waals surface area contributed by atoms with Crippen molar-refractivity contribution in [2.45, 2.75) is 52.0 Å². The summed E-state index contributed by atoms with van der Waals surface area (Å²) in [4.78, 5) is 0. The number of methoxy groups -OCH3 is 1. The lowest BCUT2D eigenvalue weighted by molar-refractivity contribution is 0.178. The van der Waals surface area contributed by atoms with Crippen molar-refractivity contribution in [1.29, 1.82) is 0 Å². The zero-order valence-corrected chi connectivity index (χ0v) is 12.2. The van der Waals surface area contributed by atoms with Crippen molar-refractivity contribution < 1.29 is 4.74 Å². The van der Waals surface area contributed by atoms with E-state index in [4.69, 9.17) is 16.3 Å². The molecule has 2 unspecified atom stereocenters. The Bertz CT molecular complexity index is 363. The Morgan fingerprint density at radius 3 is 2.59 bits per heavy atom. The van der Waals surface area contributed by atoms with Gasteiger partial charge < -0.3 is 4.74 Å². The zero-order chi connectivity index (χ0) is 13.0. The fourth-order valence-electron chi connectivity index (χ4n) is 2.17. The Morgan fingerprint density at radius 2 is 2.06 bits per heavy atom. The van der Waals surface area contributed by atoms with Gasteiger partial charge in [-0.1, -0.05) is 6.92 Å². The normalized spacial score (nSPS) is 14.9. The Balaban J connectivity index is 2.95. The number of hydrogen-bond donors (Lipinski definition) is 0. The van der Waals surface area contributed by atoms with Gasteiger partial charge in [-0.25, -0.2) is 0 Å². The lowest BCUT2D eigenvalue weighted by atomic mass is 10.1. The molecule has 98 valence electrons. The number of halogens is 1. The fraction of sp³-hybridized carbons (Fsp3) is 0.769. The smallest absolute Gasteiger partial charge is 0.0643 e. The average Bonchev–Trinajstić information content (AvgIpc) is 2.61. The van der Waals surface area contributed by atoms with Crippen molar-refractivity contribution in [2.24, 2.45) is 0 Å². The standard InChI is InChI=1S/C13H23ClN2O/c1-6-12(14)13-10(3)15-16(11(13)4)9(2)7-8-17-5/h9,12H,6-8H2,1-5H3. The van der Waals surface area contributed by atoms with Crippen LogP contribution < -0.4 is 0 Å². The lowest BCUT2D eigenvalue weighted by Gasteiger charge is -2.14. The van der Waals surface area contributed by atoms with E-state index >= 15 is 0 Å². The molecule has 0 saturated heterocycles. The number of rotatable bonds is 6. The van der Waals surface area contributed by atoms with E-state index in [0.29, 0.717) is 6.04 Å². The van der Waals surface area contributed by atoms with Crippen LogP contribution in [0.4, 0.5) is 0 Å². The molecule has 0 aliphatic carbocycles. The number of ether oxygens (including phenoxy) is 1. The van der Waals surface area contributed by atoms with E-state index in [2.05, 4.69) is 30.6 Å². The minimum atomic E-state index is 0.0679. The van der Waals surface area contributed by atoms with Gasteiger partial charge in [-0.2, -0.15) is 5.10 Å². The quantitative estimate of drug-likeness (QED) is 0.726. The molecule has 0 N–H and O–H groups in total. The Morgan fingerprint density at radius 1 is 1.41 bits per heavy atom. The third-order valence-electron chi connectivity index (χ3n) is 3.21. The molecule has 0 aliphatic rings. The van der Waals surface area contributed by atoms with E-state index in [1.54, 1.807) is 7.11 Å². The highest BCUT2D eigenvalue weighted by atomic mass is 35.5. The van der Waals surface area contributed by atoms with Crippen LogP contribution in [0.1, 0.15) is 55.1 Å². The summed E-state index contributed by atoms with van der Waals surface area (Å²) in [5.41, 5.74) is 3.43. The van der Waals surface area contributed by atoms with Crippen molar-refractivity contribution in [1.82, 2.24) is 9.78 Å². The number of nitrogens with zero attached hydrogens (tertiary/aromatic N) is 2. The molecule has 0 aromatic carbocycles. The van der Waals surface area contributed by atoms with E-state index in [9.17, 15) is 0 Å². The number of hydrogen-bond acceptors (Lipinski definition) is 2. The van der Waals surface area contributed by atoms with Crippen molar-refractivity contribution in [3.05, 3.63) is 17.0 Å². The summed E-state index contributed by atoms with van der Waals surface area (Å²) in [5, 5.41) is 4.68. The van der Waals surface area contributed by atoms with Gasteiger partial charge in [0.25, 0.3) is 0 Å². The molecule has 1 aromatic rings. The van der Waals surface area contributed by atoms with Crippen LogP contribution in [0.5, 0.6) is 0 Å². The van der Waals surface area contributed by atoms with Gasteiger partial charge in [-0.3, -0.25) is 4.68 Å². The molecule has 0 radical (unpaired) electrons. The van der Waals surface area contributed by atoms with E-state index in [1.165, 1.54) is 11.3 Å². The Kier molecular flexibility index (Phi) is 5.47. The largest absolute Gasteiger partial charge is 0.385 e. The van der Waals surface area contributed by atoms with Crippen molar-refractivity contribution >= 4 is 11.6 Å². The highest BCUT2D eigenvalue weighted by molar-refractivity contribution is 6.20. The van der Waals surface area contributed by atoms with Crippen LogP contribution in [0.25, 0.3) is 0 Å². The van der Waals surface area contributed by atoms with Gasteiger partial charge in [-0.15, -0.1) is 11.6 Å². The van der Waals surface area contributed by atoms with Gasteiger partial charge in [0.2, 0.25) is 0 Å². The summed E-state index contributed by atoms with van der Waals surface area (Å²) in [5.74, 6) is 0. The first-order chi connectivity index (χ1) is 8.02. The Labute approximate surface area is 109 Å². The molecule has 4 heteroatoms. The van der Waals surface area contributed by atoms with Crippen molar-refractivity contribution in [3.8, 4) is 0 Å². The molecule has 1 aromatic heterocycles. The van der Waals surface area contributed by atoms with Gasteiger partial charge in [0.15, 0.2) is 0 Å². The molecule has 0 aliphatic heterocycles. The van der Waals surface area contributed by atoms with Crippen LogP contribution in [-0.2, 0) is 4.74 Å². The van der Waals surface area contributed by atoms with Gasteiger partial charge in [-0.05, 0) is 33.6 Å². The highest BCUT2D eigenvalue weighted by Crippen LogP contribution is 2.31. The molecule has 0 fully saturated rings. The van der Waals surface area contributed by atoms with Crippen molar-refractivity contribution in [2.75, 3.05) is 13.7 Å². The van der Waals surface area contributed by atoms with E-state index in [-0.39, 0.29) is 5.38 Å². The molecule has 1 rings (SSSR count). The summed E-state index contributed by atoms with van der Waals surface area (Å²) in [7, 11) is 1.73. The molecular formula is C13H23ClN2O. The maximum Gasteiger partial charge on any atom is 0.0643 e. The molecule has 0 bridgehead atoms. The predicted molar refractivity (Wildman–Crippen MR) is 71.8 cm³/mol. The second-order valence-corrected chi connectivity index (χ2v) is 5.06. The van der Waals surface area contributed by atoms with E-state index in [0.717, 1.165) is 25.1 Å². The van der Waals surface area contributed by atoms with Crippen LogP contribution in [0, 0.1) is 13.8 Å². The Hall–Kier alpha value is -0.540. The molecule has 0 saturated carbocycles. The average molecular weight is 259 g/mol. The number of alkyl halides is 1. The van der Waals surface area contributed by atoms with Gasteiger partial charge in [0, 0.05) is 25.0 Å². The summed E-state index contributed by atoms with van der Waals surface area (Å²) < 4.78 is 7.19. The van der Waals surface area contributed by atoms with Crippen LogP contribution >= 0.6 is 11.6 Å². The van der Waals surface area contributed by atoms with Crippen molar-refractivity contribution in [3.63, 3.8) is 0 Å². The monoisotopic (exact) mass is 258 g/mol. The summed E-state index contributed by atoms with van der Waals surface area (Å²) in [6, 6.07) is 0.350. The second kappa shape index (κ2) is 6.41. The van der Waals surface area contributed by atoms with Crippen LogP contribution in [-0.4, -0.2) is 23.5 Å². The van der Waals surface area contributed by atoms with Gasteiger partial charge in [0.1, 0.15) is 0 Å². The van der Waals surface area contributed by atoms with E-state index < -0.39 is 0 Å². The molecular weight excluding hydrogens is 236 g/mol. The molecule has 1 heterocycles. The second-order valence-electron chi connectivity index (χ2n) is 4.54. The zero-order valence-electron chi connectivity index (χ0n) is 11.5. The van der Waals surface area contributed by atoms with Gasteiger partial charge in [0.05, 0.1) is 17.1 Å². The third kappa shape index (κ3) is 3.23. The summed E-state index contributed by atoms with van der Waals surface area (Å²) in [6.07, 6.45) is 1.90. The molecule has 2 atom stereocenters. The maximum atomic E-state index is 6.35. The first kappa shape index (κ1) is 14.5. The molecule has 0 amide bonds. The van der Waals surface area contributed by atoms with Crippen LogP contribution in [0.3, 0.4) is 0 Å². The van der Waals surface area contributed by atoms with Crippen LogP contribution in [0.15, 0.2) is 0 Å². The predicted octanol–water partition coefficient (Wildman–Crippen LogP) is 3.79. The van der Waals surface area contributed by atoms with Crippen LogP contribution in [0.2, 0.25) is 0 Å². The summed E-state index contributed by atoms with van der Waals surface area (Å²) >= 11 is 6.35. The maximum absolute atomic E-state index is 6.35. The first-order valence-corrected chi connectivity index (χ1v) is 6.65. The molecule has 17 heavy (non-hydrogen) atoms. The molecule has 0 spiro atoms. The lowest BCUT2D eigenvalue weighted by Crippen LogP contribution is -2.11. The first-order valence-electron chi connectivity index (χ1n) is 6.21. The SMILES string of the molecule is CCC(Cl)c1c(C)nn(C(C)CCOC)c1C. The fourth-order valence-corrected chi connectivity index (χ4v) is 2.49. The number of aryl methyl sites for hydroxylation is 1. The minimum absolute atomic E-state index is 0.0679. The molecule has 3 nitrogen and oxygen atoms in total. The summed E-state index contributed by atoms with van der Waals surface area (Å²) in [6.45, 7) is 9.16.